The van der Waals surface area contributed by atoms with Crippen molar-refractivity contribution in [1.29, 1.82) is 0 Å². The van der Waals surface area contributed by atoms with Crippen molar-refractivity contribution in [3.05, 3.63) is 65.7 Å². The Morgan fingerprint density at radius 3 is 2.46 bits per heavy atom. The van der Waals surface area contributed by atoms with Gasteiger partial charge in [-0.1, -0.05) is 55.0 Å². The van der Waals surface area contributed by atoms with E-state index in [0.717, 1.165) is 17.5 Å². The average molecular weight is 404 g/mol. The molecular weight excluding hydrogens is 378 g/mol. The van der Waals surface area contributed by atoms with Crippen molar-refractivity contribution in [3.63, 3.8) is 0 Å². The van der Waals surface area contributed by atoms with Crippen molar-refractivity contribution >= 4 is 16.1 Å². The van der Waals surface area contributed by atoms with Crippen molar-refractivity contribution in [3.8, 4) is 0 Å². The maximum atomic E-state index is 12.7. The molecule has 1 aliphatic rings. The second kappa shape index (κ2) is 8.86. The van der Waals surface area contributed by atoms with Crippen LogP contribution in [0.4, 0.5) is 0 Å². The fraction of sp³-hybridized carbons (Fsp3) is 0.381. The van der Waals surface area contributed by atoms with E-state index in [1.54, 1.807) is 12.1 Å². The molecule has 1 aliphatic heterocycles. The van der Waals surface area contributed by atoms with Gasteiger partial charge in [0.1, 0.15) is 12.6 Å². The summed E-state index contributed by atoms with van der Waals surface area (Å²) in [7, 11) is -4.01. The third-order valence-corrected chi connectivity index (χ3v) is 6.05. The Morgan fingerprint density at radius 1 is 1.11 bits per heavy atom. The molecule has 6 nitrogen and oxygen atoms in total. The molecule has 1 heterocycles. The summed E-state index contributed by atoms with van der Waals surface area (Å²) in [5.74, 6) is -0.203. The lowest BCUT2D eigenvalue weighted by molar-refractivity contribution is -0.174. The highest BCUT2D eigenvalue weighted by molar-refractivity contribution is 7.86. The first-order valence-corrected chi connectivity index (χ1v) is 10.7. The highest BCUT2D eigenvalue weighted by atomic mass is 32.2. The summed E-state index contributed by atoms with van der Waals surface area (Å²) >= 11 is 0. The fourth-order valence-corrected chi connectivity index (χ4v) is 4.11. The highest BCUT2D eigenvalue weighted by Gasteiger charge is 2.37. The van der Waals surface area contributed by atoms with Gasteiger partial charge in [-0.15, -0.1) is 0 Å². The number of carbonyl (C=O) groups is 1. The van der Waals surface area contributed by atoms with Crippen LogP contribution in [0.3, 0.4) is 0 Å². The van der Waals surface area contributed by atoms with Crippen LogP contribution in [-0.4, -0.2) is 32.0 Å². The summed E-state index contributed by atoms with van der Waals surface area (Å²) in [6, 6.07) is 15.0. The summed E-state index contributed by atoms with van der Waals surface area (Å²) < 4.78 is 36.0. The molecule has 0 spiro atoms. The standard InChI is InChI=1S/C21H25NO5S/c1-16-8-10-19(11-9-16)28(24,25)27-22-13-12-17(2)14-20(22)21(23)26-15-18-6-4-3-5-7-18/h3-11,17,20H,12-15H2,1-2H3. The van der Waals surface area contributed by atoms with E-state index in [4.69, 9.17) is 9.02 Å². The Kier molecular flexibility index (Phi) is 6.49. The molecule has 2 aromatic carbocycles. The number of piperidine rings is 1. The number of hydrogen-bond donors (Lipinski definition) is 0. The van der Waals surface area contributed by atoms with Crippen LogP contribution >= 0.6 is 0 Å². The molecule has 0 aromatic heterocycles. The molecule has 0 saturated carbocycles. The van der Waals surface area contributed by atoms with Gasteiger partial charge in [-0.3, -0.25) is 4.79 Å². The van der Waals surface area contributed by atoms with Crippen LogP contribution in [0.5, 0.6) is 0 Å². The topological polar surface area (TPSA) is 72.9 Å². The molecule has 0 bridgehead atoms. The van der Waals surface area contributed by atoms with Gasteiger partial charge >= 0.3 is 16.1 Å². The van der Waals surface area contributed by atoms with Gasteiger partial charge in [0.25, 0.3) is 0 Å². The predicted molar refractivity (Wildman–Crippen MR) is 105 cm³/mol. The minimum Gasteiger partial charge on any atom is -0.460 e. The largest absolute Gasteiger partial charge is 0.460 e. The van der Waals surface area contributed by atoms with Gasteiger partial charge < -0.3 is 4.74 Å². The van der Waals surface area contributed by atoms with E-state index in [1.807, 2.05) is 44.2 Å². The second-order valence-electron chi connectivity index (χ2n) is 7.22. The molecule has 7 heteroatoms. The van der Waals surface area contributed by atoms with E-state index >= 15 is 0 Å². The van der Waals surface area contributed by atoms with Gasteiger partial charge in [0.2, 0.25) is 0 Å². The maximum Gasteiger partial charge on any atom is 0.326 e. The summed E-state index contributed by atoms with van der Waals surface area (Å²) in [4.78, 5) is 12.7. The molecule has 1 fully saturated rings. The number of esters is 1. The molecule has 2 aromatic rings. The Hall–Kier alpha value is -2.22. The van der Waals surface area contributed by atoms with E-state index in [9.17, 15) is 13.2 Å². The molecule has 2 unspecified atom stereocenters. The zero-order valence-corrected chi connectivity index (χ0v) is 16.9. The van der Waals surface area contributed by atoms with Crippen molar-refractivity contribution in [2.24, 2.45) is 5.92 Å². The Morgan fingerprint density at radius 2 is 1.79 bits per heavy atom. The van der Waals surface area contributed by atoms with E-state index < -0.39 is 22.1 Å². The van der Waals surface area contributed by atoms with Crippen molar-refractivity contribution in [2.45, 2.75) is 44.2 Å². The summed E-state index contributed by atoms with van der Waals surface area (Å²) in [6.45, 7) is 4.39. The Labute approximate surface area is 166 Å². The minimum absolute atomic E-state index is 0.0631. The molecule has 3 rings (SSSR count). The summed E-state index contributed by atoms with van der Waals surface area (Å²) in [6.07, 6.45) is 1.23. The number of hydroxylamine groups is 2. The third kappa shape index (κ3) is 5.19. The molecule has 0 amide bonds. The van der Waals surface area contributed by atoms with Crippen LogP contribution in [0, 0.1) is 12.8 Å². The van der Waals surface area contributed by atoms with E-state index in [1.165, 1.54) is 17.2 Å². The smallest absolute Gasteiger partial charge is 0.326 e. The fourth-order valence-electron chi connectivity index (χ4n) is 3.12. The van der Waals surface area contributed by atoms with E-state index in [2.05, 4.69) is 0 Å². The predicted octanol–water partition coefficient (Wildman–Crippen LogP) is 3.46. The molecule has 0 aliphatic carbocycles. The molecule has 28 heavy (non-hydrogen) atoms. The molecular formula is C21H25NO5S. The number of nitrogens with zero attached hydrogens (tertiary/aromatic N) is 1. The van der Waals surface area contributed by atoms with Gasteiger partial charge in [-0.2, -0.15) is 17.8 Å². The number of ether oxygens (including phenoxy) is 1. The molecule has 0 N–H and O–H groups in total. The maximum absolute atomic E-state index is 12.7. The molecule has 150 valence electrons. The zero-order valence-electron chi connectivity index (χ0n) is 16.1. The summed E-state index contributed by atoms with van der Waals surface area (Å²) in [5.41, 5.74) is 1.83. The van der Waals surface area contributed by atoms with Gasteiger partial charge in [0.05, 0.1) is 4.90 Å². The average Bonchev–Trinajstić information content (AvgIpc) is 2.68. The Bertz CT molecular complexity index is 896. The number of benzene rings is 2. The van der Waals surface area contributed by atoms with Crippen LogP contribution in [0.25, 0.3) is 0 Å². The zero-order chi connectivity index (χ0) is 20.1. The van der Waals surface area contributed by atoms with Crippen molar-refractivity contribution in [2.75, 3.05) is 6.54 Å². The van der Waals surface area contributed by atoms with Crippen molar-refractivity contribution < 1.29 is 22.2 Å². The normalized spacial score (nSPS) is 20.6. The molecule has 0 radical (unpaired) electrons. The van der Waals surface area contributed by atoms with Crippen LogP contribution in [0.1, 0.15) is 30.9 Å². The highest BCUT2D eigenvalue weighted by Crippen LogP contribution is 2.26. The van der Waals surface area contributed by atoms with Gasteiger partial charge in [0, 0.05) is 6.54 Å². The van der Waals surface area contributed by atoms with Gasteiger partial charge in [0.15, 0.2) is 0 Å². The molecule has 2 atom stereocenters. The molecule has 1 saturated heterocycles. The lowest BCUT2D eigenvalue weighted by Crippen LogP contribution is -2.48. The van der Waals surface area contributed by atoms with E-state index in [0.29, 0.717) is 13.0 Å². The SMILES string of the molecule is Cc1ccc(S(=O)(=O)ON2CCC(C)CC2C(=O)OCc2ccccc2)cc1. The first-order chi connectivity index (χ1) is 13.3. The minimum atomic E-state index is -4.01. The van der Waals surface area contributed by atoms with Gasteiger partial charge in [-0.05, 0) is 43.4 Å². The summed E-state index contributed by atoms with van der Waals surface area (Å²) in [5, 5.41) is 1.25. The number of aryl methyl sites for hydroxylation is 1. The second-order valence-corrected chi connectivity index (χ2v) is 8.75. The van der Waals surface area contributed by atoms with Gasteiger partial charge in [-0.25, -0.2) is 0 Å². The van der Waals surface area contributed by atoms with Crippen LogP contribution in [0.15, 0.2) is 59.5 Å². The van der Waals surface area contributed by atoms with Crippen LogP contribution < -0.4 is 0 Å². The third-order valence-electron chi connectivity index (χ3n) is 4.82. The Balaban J connectivity index is 1.70. The first kappa shape index (κ1) is 20.5. The quantitative estimate of drug-likeness (QED) is 0.688. The van der Waals surface area contributed by atoms with Crippen LogP contribution in [0.2, 0.25) is 0 Å². The number of rotatable bonds is 6. The van der Waals surface area contributed by atoms with Crippen LogP contribution in [-0.2, 0) is 30.5 Å². The lowest BCUT2D eigenvalue weighted by Gasteiger charge is -2.34. The number of carbonyl (C=O) groups excluding carboxylic acids is 1. The first-order valence-electron chi connectivity index (χ1n) is 9.33. The van der Waals surface area contributed by atoms with E-state index in [-0.39, 0.29) is 17.4 Å². The lowest BCUT2D eigenvalue weighted by atomic mass is 9.94. The number of hydrogen-bond acceptors (Lipinski definition) is 6. The monoisotopic (exact) mass is 403 g/mol. The van der Waals surface area contributed by atoms with Crippen molar-refractivity contribution in [1.82, 2.24) is 5.06 Å².